The average molecular weight is 305 g/mol. The first-order chi connectivity index (χ1) is 10.1. The van der Waals surface area contributed by atoms with Crippen LogP contribution in [-0.4, -0.2) is 25.8 Å². The Bertz CT molecular complexity index is 677. The molecule has 21 heavy (non-hydrogen) atoms. The summed E-state index contributed by atoms with van der Waals surface area (Å²) in [6.45, 7) is 0. The van der Waals surface area contributed by atoms with Crippen molar-refractivity contribution in [3.63, 3.8) is 0 Å². The fourth-order valence-corrected chi connectivity index (χ4v) is 2.06. The van der Waals surface area contributed by atoms with Gasteiger partial charge in [-0.2, -0.15) is 0 Å². The van der Waals surface area contributed by atoms with E-state index in [9.17, 15) is 9.59 Å². The molecule has 0 aliphatic heterocycles. The number of hydrogen-bond donors (Lipinski definition) is 0. The van der Waals surface area contributed by atoms with Crippen LogP contribution in [0.15, 0.2) is 42.5 Å². The summed E-state index contributed by atoms with van der Waals surface area (Å²) in [6, 6.07) is 10.9. The summed E-state index contributed by atoms with van der Waals surface area (Å²) in [5.41, 5.74) is 0.436. The van der Waals surface area contributed by atoms with E-state index in [4.69, 9.17) is 21.1 Å². The van der Waals surface area contributed by atoms with Crippen LogP contribution in [0.1, 0.15) is 20.7 Å². The number of ether oxygens (including phenoxy) is 2. The zero-order valence-electron chi connectivity index (χ0n) is 11.6. The van der Waals surface area contributed by atoms with E-state index in [1.54, 1.807) is 18.2 Å². The second kappa shape index (κ2) is 6.41. The van der Waals surface area contributed by atoms with Crippen molar-refractivity contribution in [3.8, 4) is 11.5 Å². The highest BCUT2D eigenvalue weighted by atomic mass is 35.5. The van der Waals surface area contributed by atoms with Crippen LogP contribution in [-0.2, 0) is 0 Å². The molecule has 108 valence electrons. The van der Waals surface area contributed by atoms with Gasteiger partial charge in [0.1, 0.15) is 11.5 Å². The van der Waals surface area contributed by atoms with Gasteiger partial charge in [-0.05, 0) is 42.5 Å². The van der Waals surface area contributed by atoms with Gasteiger partial charge in [-0.15, -0.1) is 0 Å². The first-order valence-electron chi connectivity index (χ1n) is 6.13. The molecule has 0 N–H and O–H groups in total. The van der Waals surface area contributed by atoms with E-state index in [0.717, 1.165) is 0 Å². The third-order valence-electron chi connectivity index (χ3n) is 2.98. The molecule has 5 heteroatoms. The van der Waals surface area contributed by atoms with E-state index in [1.807, 2.05) is 0 Å². The molecule has 0 amide bonds. The molecule has 0 aliphatic carbocycles. The number of halogens is 1. The standard InChI is InChI=1S/C16H13ClO4/c1-20-11-5-3-10(4-6-11)15(18)16(19)13-8-7-12(21-2)9-14(13)17/h3-9H,1-2H3. The maximum Gasteiger partial charge on any atom is 0.235 e. The fourth-order valence-electron chi connectivity index (χ4n) is 1.80. The Hall–Kier alpha value is -2.33. The molecule has 2 aromatic rings. The summed E-state index contributed by atoms with van der Waals surface area (Å²) in [5, 5.41) is 0.182. The van der Waals surface area contributed by atoms with E-state index in [0.29, 0.717) is 11.5 Å². The summed E-state index contributed by atoms with van der Waals surface area (Å²) in [7, 11) is 3.02. The minimum absolute atomic E-state index is 0.151. The van der Waals surface area contributed by atoms with Gasteiger partial charge in [0.25, 0.3) is 0 Å². The van der Waals surface area contributed by atoms with Crippen LogP contribution in [0.3, 0.4) is 0 Å². The van der Waals surface area contributed by atoms with Crippen molar-refractivity contribution >= 4 is 23.2 Å². The van der Waals surface area contributed by atoms with Gasteiger partial charge >= 0.3 is 0 Å². The van der Waals surface area contributed by atoms with Gasteiger partial charge in [0.15, 0.2) is 0 Å². The second-order valence-electron chi connectivity index (χ2n) is 4.23. The van der Waals surface area contributed by atoms with Crippen molar-refractivity contribution in [3.05, 3.63) is 58.6 Å². The van der Waals surface area contributed by atoms with Gasteiger partial charge < -0.3 is 9.47 Å². The Labute approximate surface area is 127 Å². The maximum absolute atomic E-state index is 12.2. The zero-order valence-corrected chi connectivity index (χ0v) is 12.3. The lowest BCUT2D eigenvalue weighted by molar-refractivity contribution is 0.0817. The minimum atomic E-state index is -0.659. The summed E-state index contributed by atoms with van der Waals surface area (Å²) in [5.74, 6) is -0.146. The van der Waals surface area contributed by atoms with Gasteiger partial charge in [0.2, 0.25) is 11.6 Å². The van der Waals surface area contributed by atoms with Crippen molar-refractivity contribution in [1.82, 2.24) is 0 Å². The normalized spacial score (nSPS) is 10.0. The number of benzene rings is 2. The maximum atomic E-state index is 12.2. The molecule has 0 aliphatic rings. The smallest absolute Gasteiger partial charge is 0.235 e. The van der Waals surface area contributed by atoms with E-state index in [2.05, 4.69) is 0 Å². The summed E-state index contributed by atoms with van der Waals surface area (Å²) < 4.78 is 10.0. The number of carbonyl (C=O) groups excluding carboxylic acids is 2. The quantitative estimate of drug-likeness (QED) is 0.627. The Morgan fingerprint density at radius 1 is 0.857 bits per heavy atom. The van der Waals surface area contributed by atoms with Crippen molar-refractivity contribution in [2.75, 3.05) is 14.2 Å². The van der Waals surface area contributed by atoms with Crippen molar-refractivity contribution in [2.24, 2.45) is 0 Å². The third kappa shape index (κ3) is 3.23. The van der Waals surface area contributed by atoms with Gasteiger partial charge in [0, 0.05) is 11.1 Å². The number of methoxy groups -OCH3 is 2. The Balaban J connectivity index is 2.28. The van der Waals surface area contributed by atoms with E-state index < -0.39 is 11.6 Å². The third-order valence-corrected chi connectivity index (χ3v) is 3.29. The van der Waals surface area contributed by atoms with Crippen LogP contribution >= 0.6 is 11.6 Å². The van der Waals surface area contributed by atoms with E-state index >= 15 is 0 Å². The molecule has 2 rings (SSSR count). The lowest BCUT2D eigenvalue weighted by atomic mass is 10.0. The Morgan fingerprint density at radius 2 is 1.43 bits per heavy atom. The topological polar surface area (TPSA) is 52.6 Å². The van der Waals surface area contributed by atoms with Crippen molar-refractivity contribution in [1.29, 1.82) is 0 Å². The molecule has 0 fully saturated rings. The van der Waals surface area contributed by atoms with Crippen LogP contribution in [0, 0.1) is 0 Å². The van der Waals surface area contributed by atoms with Crippen molar-refractivity contribution in [2.45, 2.75) is 0 Å². The molecule has 0 spiro atoms. The number of ketones is 2. The molecule has 4 nitrogen and oxygen atoms in total. The van der Waals surface area contributed by atoms with Crippen LogP contribution < -0.4 is 9.47 Å². The van der Waals surface area contributed by atoms with Gasteiger partial charge in [-0.3, -0.25) is 9.59 Å². The molecule has 0 bridgehead atoms. The molecule has 0 saturated carbocycles. The van der Waals surface area contributed by atoms with Crippen LogP contribution in [0.25, 0.3) is 0 Å². The monoisotopic (exact) mass is 304 g/mol. The summed E-state index contributed by atoms with van der Waals surface area (Å²) in [6.07, 6.45) is 0. The average Bonchev–Trinajstić information content (AvgIpc) is 2.53. The SMILES string of the molecule is COc1ccc(C(=O)C(=O)c2ccc(OC)cc2Cl)cc1. The minimum Gasteiger partial charge on any atom is -0.497 e. The van der Waals surface area contributed by atoms with Gasteiger partial charge in [-0.25, -0.2) is 0 Å². The number of Topliss-reactive ketones (excluding diaryl/α,β-unsaturated/α-hetero) is 2. The van der Waals surface area contributed by atoms with E-state index in [-0.39, 0.29) is 16.1 Å². The first kappa shape index (κ1) is 15.1. The molecule has 0 saturated heterocycles. The molecule has 0 atom stereocenters. The van der Waals surface area contributed by atoms with E-state index in [1.165, 1.54) is 38.5 Å². The molecular weight excluding hydrogens is 292 g/mol. The van der Waals surface area contributed by atoms with Crippen molar-refractivity contribution < 1.29 is 19.1 Å². The number of rotatable bonds is 5. The Morgan fingerprint density at radius 3 is 1.95 bits per heavy atom. The Kier molecular flexibility index (Phi) is 4.60. The molecule has 0 unspecified atom stereocenters. The summed E-state index contributed by atoms with van der Waals surface area (Å²) in [4.78, 5) is 24.4. The van der Waals surface area contributed by atoms with Crippen LogP contribution in [0.2, 0.25) is 5.02 Å². The zero-order chi connectivity index (χ0) is 15.4. The van der Waals surface area contributed by atoms with Gasteiger partial charge in [0.05, 0.1) is 19.2 Å². The first-order valence-corrected chi connectivity index (χ1v) is 6.51. The molecule has 2 aromatic carbocycles. The molecular formula is C16H13ClO4. The highest BCUT2D eigenvalue weighted by Gasteiger charge is 2.21. The largest absolute Gasteiger partial charge is 0.497 e. The number of carbonyl (C=O) groups is 2. The van der Waals surface area contributed by atoms with Crippen LogP contribution in [0.4, 0.5) is 0 Å². The fraction of sp³-hybridized carbons (Fsp3) is 0.125. The van der Waals surface area contributed by atoms with Crippen LogP contribution in [0.5, 0.6) is 11.5 Å². The summed E-state index contributed by atoms with van der Waals surface area (Å²) >= 11 is 6.01. The number of hydrogen-bond acceptors (Lipinski definition) is 4. The molecule has 0 heterocycles. The lowest BCUT2D eigenvalue weighted by Gasteiger charge is -2.06. The molecule has 0 radical (unpaired) electrons. The predicted molar refractivity (Wildman–Crippen MR) is 79.7 cm³/mol. The van der Waals surface area contributed by atoms with Gasteiger partial charge in [-0.1, -0.05) is 11.6 Å². The lowest BCUT2D eigenvalue weighted by Crippen LogP contribution is -2.15. The highest BCUT2D eigenvalue weighted by Crippen LogP contribution is 2.24. The predicted octanol–water partition coefficient (Wildman–Crippen LogP) is 3.42. The highest BCUT2D eigenvalue weighted by molar-refractivity contribution is 6.51. The second-order valence-corrected chi connectivity index (χ2v) is 4.64. The molecule has 0 aromatic heterocycles.